The average molecular weight is 278 g/mol. The number of nitrogens with zero attached hydrogens (tertiary/aromatic N) is 2. The summed E-state index contributed by atoms with van der Waals surface area (Å²) in [7, 11) is 3.92. The number of carbonyl (C=O) groups excluding carboxylic acids is 2. The van der Waals surface area contributed by atoms with Gasteiger partial charge in [-0.05, 0) is 45.3 Å². The van der Waals surface area contributed by atoms with Crippen LogP contribution in [0.15, 0.2) is 24.3 Å². The summed E-state index contributed by atoms with van der Waals surface area (Å²) < 4.78 is 4.93. The molecule has 110 valence electrons. The number of rotatable bonds is 6. The van der Waals surface area contributed by atoms with Crippen molar-refractivity contribution >= 4 is 17.6 Å². The first-order chi connectivity index (χ1) is 9.45. The van der Waals surface area contributed by atoms with Gasteiger partial charge in [0.25, 0.3) is 0 Å². The molecule has 0 atom stereocenters. The van der Waals surface area contributed by atoms with Crippen LogP contribution in [0.5, 0.6) is 0 Å². The van der Waals surface area contributed by atoms with Crippen molar-refractivity contribution in [2.75, 3.05) is 38.7 Å². The Morgan fingerprint density at radius 3 is 2.15 bits per heavy atom. The molecule has 1 aromatic carbocycles. The molecule has 0 fully saturated rings. The molecule has 1 rings (SSSR count). The number of hydrogen-bond donors (Lipinski definition) is 0. The zero-order valence-corrected chi connectivity index (χ0v) is 12.5. The van der Waals surface area contributed by atoms with Gasteiger partial charge in [-0.2, -0.15) is 0 Å². The molecule has 5 nitrogen and oxygen atoms in total. The fourth-order valence-corrected chi connectivity index (χ4v) is 1.76. The Balaban J connectivity index is 2.82. The number of benzene rings is 1. The minimum Gasteiger partial charge on any atom is -0.462 e. The van der Waals surface area contributed by atoms with Gasteiger partial charge < -0.3 is 14.5 Å². The molecule has 0 spiro atoms. The van der Waals surface area contributed by atoms with Crippen LogP contribution in [-0.2, 0) is 9.53 Å². The molecule has 20 heavy (non-hydrogen) atoms. The molecular weight excluding hydrogens is 256 g/mol. The van der Waals surface area contributed by atoms with Gasteiger partial charge in [0.1, 0.15) is 0 Å². The van der Waals surface area contributed by atoms with Crippen LogP contribution in [0.3, 0.4) is 0 Å². The average Bonchev–Trinajstić information content (AvgIpc) is 2.39. The lowest BCUT2D eigenvalue weighted by atomic mass is 10.2. The minimum atomic E-state index is -0.346. The second kappa shape index (κ2) is 7.65. The summed E-state index contributed by atoms with van der Waals surface area (Å²) in [4.78, 5) is 27.0. The van der Waals surface area contributed by atoms with Crippen LogP contribution >= 0.6 is 0 Å². The summed E-state index contributed by atoms with van der Waals surface area (Å²) in [6.07, 6.45) is 0. The molecule has 0 aliphatic rings. The second-order valence-electron chi connectivity index (χ2n) is 4.74. The van der Waals surface area contributed by atoms with Crippen LogP contribution in [0.1, 0.15) is 24.2 Å². The molecule has 0 aliphatic heterocycles. The van der Waals surface area contributed by atoms with Crippen LogP contribution in [0.2, 0.25) is 0 Å². The van der Waals surface area contributed by atoms with Crippen LogP contribution < -0.4 is 4.90 Å². The van der Waals surface area contributed by atoms with Crippen molar-refractivity contribution in [3.05, 3.63) is 29.8 Å². The summed E-state index contributed by atoms with van der Waals surface area (Å²) in [5, 5.41) is 0. The van der Waals surface area contributed by atoms with E-state index >= 15 is 0 Å². The number of ether oxygens (including phenoxy) is 1. The fourth-order valence-electron chi connectivity index (χ4n) is 1.76. The zero-order valence-electron chi connectivity index (χ0n) is 12.5. The van der Waals surface area contributed by atoms with Gasteiger partial charge in [0.05, 0.1) is 12.2 Å². The van der Waals surface area contributed by atoms with Gasteiger partial charge in [0.15, 0.2) is 0 Å². The molecule has 0 bridgehead atoms. The number of esters is 1. The van der Waals surface area contributed by atoms with E-state index in [1.165, 1.54) is 6.92 Å². The number of amides is 1. The van der Waals surface area contributed by atoms with Gasteiger partial charge >= 0.3 is 5.97 Å². The molecule has 5 heteroatoms. The van der Waals surface area contributed by atoms with Crippen molar-refractivity contribution in [2.24, 2.45) is 0 Å². The highest BCUT2D eigenvalue weighted by molar-refractivity contribution is 5.93. The Hall–Kier alpha value is -1.88. The van der Waals surface area contributed by atoms with E-state index in [9.17, 15) is 9.59 Å². The van der Waals surface area contributed by atoms with Crippen molar-refractivity contribution in [3.63, 3.8) is 0 Å². The number of carbonyl (C=O) groups is 2. The molecule has 0 aromatic heterocycles. The lowest BCUT2D eigenvalue weighted by molar-refractivity contribution is -0.116. The quantitative estimate of drug-likeness (QED) is 0.744. The molecule has 0 saturated heterocycles. The summed E-state index contributed by atoms with van der Waals surface area (Å²) in [5.74, 6) is -0.363. The van der Waals surface area contributed by atoms with Crippen LogP contribution in [0.25, 0.3) is 0 Å². The third kappa shape index (κ3) is 4.66. The Kier molecular flexibility index (Phi) is 6.18. The SMILES string of the molecule is CCOC(=O)c1ccc(N(CCN(C)C)C(C)=O)cc1. The molecule has 0 unspecified atom stereocenters. The summed E-state index contributed by atoms with van der Waals surface area (Å²) >= 11 is 0. The van der Waals surface area contributed by atoms with E-state index in [0.717, 1.165) is 12.2 Å². The Morgan fingerprint density at radius 2 is 1.70 bits per heavy atom. The molecule has 0 saturated carbocycles. The molecule has 0 N–H and O–H groups in total. The Bertz CT molecular complexity index is 455. The van der Waals surface area contributed by atoms with E-state index in [1.807, 2.05) is 19.0 Å². The maximum absolute atomic E-state index is 11.7. The van der Waals surface area contributed by atoms with E-state index < -0.39 is 0 Å². The summed E-state index contributed by atoms with van der Waals surface area (Å²) in [6, 6.07) is 6.89. The molecular formula is C15H22N2O3. The molecule has 0 radical (unpaired) electrons. The standard InChI is InChI=1S/C15H22N2O3/c1-5-20-15(19)13-6-8-14(9-7-13)17(12(2)18)11-10-16(3)4/h6-9H,5,10-11H2,1-4H3. The third-order valence-electron chi connectivity index (χ3n) is 2.84. The van der Waals surface area contributed by atoms with Crippen LogP contribution in [0, 0.1) is 0 Å². The lowest BCUT2D eigenvalue weighted by Crippen LogP contribution is -2.35. The predicted octanol–water partition coefficient (Wildman–Crippen LogP) is 1.78. The molecule has 1 amide bonds. The minimum absolute atomic E-state index is 0.0178. The Labute approximate surface area is 120 Å². The first-order valence-electron chi connectivity index (χ1n) is 6.65. The monoisotopic (exact) mass is 278 g/mol. The van der Waals surface area contributed by atoms with Gasteiger partial charge in [-0.3, -0.25) is 4.79 Å². The van der Waals surface area contributed by atoms with Gasteiger partial charge in [-0.1, -0.05) is 0 Å². The first-order valence-corrected chi connectivity index (χ1v) is 6.65. The molecule has 0 aliphatic carbocycles. The highest BCUT2D eigenvalue weighted by Gasteiger charge is 2.13. The van der Waals surface area contributed by atoms with Gasteiger partial charge in [-0.25, -0.2) is 4.79 Å². The largest absolute Gasteiger partial charge is 0.462 e. The van der Waals surface area contributed by atoms with Gasteiger partial charge in [0, 0.05) is 25.7 Å². The highest BCUT2D eigenvalue weighted by atomic mass is 16.5. The maximum Gasteiger partial charge on any atom is 0.338 e. The van der Waals surface area contributed by atoms with E-state index in [0.29, 0.717) is 18.7 Å². The van der Waals surface area contributed by atoms with Crippen molar-refractivity contribution in [2.45, 2.75) is 13.8 Å². The lowest BCUT2D eigenvalue weighted by Gasteiger charge is -2.23. The number of hydrogen-bond acceptors (Lipinski definition) is 4. The van der Waals surface area contributed by atoms with Crippen molar-refractivity contribution < 1.29 is 14.3 Å². The third-order valence-corrected chi connectivity index (χ3v) is 2.84. The van der Waals surface area contributed by atoms with E-state index in [4.69, 9.17) is 4.74 Å². The number of likely N-dealkylation sites (N-methyl/N-ethyl adjacent to an activating group) is 1. The second-order valence-corrected chi connectivity index (χ2v) is 4.74. The predicted molar refractivity (Wildman–Crippen MR) is 79.0 cm³/mol. The van der Waals surface area contributed by atoms with Crippen molar-refractivity contribution in [1.29, 1.82) is 0 Å². The number of anilines is 1. The van der Waals surface area contributed by atoms with Crippen LogP contribution in [0.4, 0.5) is 5.69 Å². The van der Waals surface area contributed by atoms with Gasteiger partial charge in [0.2, 0.25) is 5.91 Å². The van der Waals surface area contributed by atoms with E-state index in [2.05, 4.69) is 0 Å². The Morgan fingerprint density at radius 1 is 1.10 bits per heavy atom. The van der Waals surface area contributed by atoms with Gasteiger partial charge in [-0.15, -0.1) is 0 Å². The maximum atomic E-state index is 11.7. The van der Waals surface area contributed by atoms with E-state index in [-0.39, 0.29) is 11.9 Å². The van der Waals surface area contributed by atoms with Crippen molar-refractivity contribution in [3.8, 4) is 0 Å². The van der Waals surface area contributed by atoms with E-state index in [1.54, 1.807) is 36.1 Å². The normalized spacial score (nSPS) is 10.4. The fraction of sp³-hybridized carbons (Fsp3) is 0.467. The van der Waals surface area contributed by atoms with Crippen molar-refractivity contribution in [1.82, 2.24) is 4.90 Å². The van der Waals surface area contributed by atoms with Crippen LogP contribution in [-0.4, -0.2) is 50.6 Å². The first kappa shape index (κ1) is 16.2. The molecule has 0 heterocycles. The zero-order chi connectivity index (χ0) is 15.1. The topological polar surface area (TPSA) is 49.9 Å². The highest BCUT2D eigenvalue weighted by Crippen LogP contribution is 2.16. The summed E-state index contributed by atoms with van der Waals surface area (Å²) in [5.41, 5.74) is 1.28. The summed E-state index contributed by atoms with van der Waals surface area (Å²) in [6.45, 7) is 5.04. The molecule has 1 aromatic rings. The smallest absolute Gasteiger partial charge is 0.338 e.